The van der Waals surface area contributed by atoms with E-state index in [0.29, 0.717) is 0 Å². The average Bonchev–Trinajstić information content (AvgIpc) is 2.45. The van der Waals surface area contributed by atoms with Crippen molar-refractivity contribution in [2.75, 3.05) is 0 Å². The molecule has 0 fully saturated rings. The van der Waals surface area contributed by atoms with Crippen molar-refractivity contribution in [3.05, 3.63) is 83.8 Å². The summed E-state index contributed by atoms with van der Waals surface area (Å²) in [4.78, 5) is 0.821. The number of allylic oxidation sites excluding steroid dienone is 2. The van der Waals surface area contributed by atoms with E-state index in [1.807, 2.05) is 78.9 Å². The third kappa shape index (κ3) is 3.82. The van der Waals surface area contributed by atoms with Gasteiger partial charge in [0.25, 0.3) is 0 Å². The third-order valence-electron chi connectivity index (χ3n) is 2.38. The summed E-state index contributed by atoms with van der Waals surface area (Å²) < 4.78 is 11.8. The predicted octanol–water partition coefficient (Wildman–Crippen LogP) is 4.02. The Balaban J connectivity index is 1.96. The molecule has 0 bridgehead atoms. The molecule has 0 spiro atoms. The lowest BCUT2D eigenvalue weighted by Crippen LogP contribution is -1.83. The molecule has 0 aliphatic carbocycles. The standard InChI is InChI=1S/C16H14OS/c17-18(16-12-5-2-6-13-16)14-8-7-11-15-9-3-1-4-10-15/h1-14H/b11-7+,14-8-/t18-/m1/s1. The molecular weight excluding hydrogens is 240 g/mol. The van der Waals surface area contributed by atoms with E-state index in [9.17, 15) is 4.21 Å². The van der Waals surface area contributed by atoms with Gasteiger partial charge in [-0.2, -0.15) is 0 Å². The molecule has 1 nitrogen and oxygen atoms in total. The molecule has 2 aromatic carbocycles. The Labute approximate surface area is 110 Å². The molecule has 0 saturated heterocycles. The Hall–Kier alpha value is -1.93. The number of benzene rings is 2. The molecule has 0 aromatic heterocycles. The highest BCUT2D eigenvalue weighted by Crippen LogP contribution is 2.07. The zero-order valence-corrected chi connectivity index (χ0v) is 10.7. The first kappa shape index (κ1) is 12.5. The lowest BCUT2D eigenvalue weighted by atomic mass is 10.2. The highest BCUT2D eigenvalue weighted by molar-refractivity contribution is 7.88. The topological polar surface area (TPSA) is 17.1 Å². The van der Waals surface area contributed by atoms with Crippen LogP contribution in [0.15, 0.2) is 83.1 Å². The fourth-order valence-corrected chi connectivity index (χ4v) is 2.30. The minimum atomic E-state index is -1.07. The fourth-order valence-electron chi connectivity index (χ4n) is 1.48. The molecule has 1 atom stereocenters. The van der Waals surface area contributed by atoms with Crippen LogP contribution in [0.4, 0.5) is 0 Å². The van der Waals surface area contributed by atoms with Gasteiger partial charge in [0, 0.05) is 10.3 Å². The van der Waals surface area contributed by atoms with Crippen LogP contribution >= 0.6 is 0 Å². The van der Waals surface area contributed by atoms with Crippen LogP contribution in [0.25, 0.3) is 6.08 Å². The van der Waals surface area contributed by atoms with Gasteiger partial charge in [-0.05, 0) is 17.7 Å². The summed E-state index contributed by atoms with van der Waals surface area (Å²) in [5.41, 5.74) is 1.13. The summed E-state index contributed by atoms with van der Waals surface area (Å²) in [7, 11) is -1.07. The molecule has 0 heterocycles. The SMILES string of the molecule is O=[S@](/C=C\C=C\c1ccccc1)c1ccccc1. The van der Waals surface area contributed by atoms with Gasteiger partial charge in [0.05, 0.1) is 10.8 Å². The summed E-state index contributed by atoms with van der Waals surface area (Å²) in [6.07, 6.45) is 5.70. The monoisotopic (exact) mass is 254 g/mol. The summed E-state index contributed by atoms with van der Waals surface area (Å²) in [5, 5.41) is 1.69. The third-order valence-corrected chi connectivity index (χ3v) is 3.52. The molecule has 0 saturated carbocycles. The fraction of sp³-hybridized carbons (Fsp3) is 0. The quantitative estimate of drug-likeness (QED) is 0.753. The van der Waals surface area contributed by atoms with E-state index < -0.39 is 10.8 Å². The van der Waals surface area contributed by atoms with Gasteiger partial charge in [0.1, 0.15) is 0 Å². The molecule has 0 radical (unpaired) electrons. The Morgan fingerprint density at radius 2 is 1.39 bits per heavy atom. The zero-order valence-electron chi connectivity index (χ0n) is 9.90. The van der Waals surface area contributed by atoms with Crippen molar-refractivity contribution in [3.63, 3.8) is 0 Å². The van der Waals surface area contributed by atoms with Crippen LogP contribution in [0, 0.1) is 0 Å². The summed E-state index contributed by atoms with van der Waals surface area (Å²) in [6, 6.07) is 19.4. The minimum Gasteiger partial charge on any atom is -0.250 e. The zero-order chi connectivity index (χ0) is 12.6. The van der Waals surface area contributed by atoms with Crippen molar-refractivity contribution >= 4 is 16.9 Å². The highest BCUT2D eigenvalue weighted by atomic mass is 32.2. The summed E-state index contributed by atoms with van der Waals surface area (Å²) in [6.45, 7) is 0. The van der Waals surface area contributed by atoms with E-state index in [0.717, 1.165) is 10.5 Å². The number of rotatable bonds is 4. The normalized spacial score (nSPS) is 13.1. The maximum absolute atomic E-state index is 11.8. The van der Waals surface area contributed by atoms with Gasteiger partial charge in [0.2, 0.25) is 0 Å². The lowest BCUT2D eigenvalue weighted by Gasteiger charge is -1.93. The van der Waals surface area contributed by atoms with Crippen molar-refractivity contribution in [1.82, 2.24) is 0 Å². The van der Waals surface area contributed by atoms with Crippen LogP contribution < -0.4 is 0 Å². The van der Waals surface area contributed by atoms with E-state index in [1.54, 1.807) is 5.41 Å². The van der Waals surface area contributed by atoms with Gasteiger partial charge < -0.3 is 0 Å². The first-order valence-electron chi connectivity index (χ1n) is 5.72. The molecule has 2 aromatic rings. The number of hydrogen-bond donors (Lipinski definition) is 0. The second-order valence-corrected chi connectivity index (χ2v) is 5.05. The van der Waals surface area contributed by atoms with Crippen LogP contribution in [0.1, 0.15) is 5.56 Å². The van der Waals surface area contributed by atoms with Crippen LogP contribution in [-0.4, -0.2) is 4.21 Å². The van der Waals surface area contributed by atoms with Crippen molar-refractivity contribution in [1.29, 1.82) is 0 Å². The molecular formula is C16H14OS. The van der Waals surface area contributed by atoms with Gasteiger partial charge in [-0.3, -0.25) is 0 Å². The Morgan fingerprint density at radius 1 is 0.778 bits per heavy atom. The summed E-state index contributed by atoms with van der Waals surface area (Å²) in [5.74, 6) is 0. The average molecular weight is 254 g/mol. The largest absolute Gasteiger partial charge is 0.250 e. The smallest absolute Gasteiger partial charge is 0.0775 e. The molecule has 0 aliphatic heterocycles. The van der Waals surface area contributed by atoms with E-state index in [2.05, 4.69) is 0 Å². The second kappa shape index (κ2) is 6.72. The van der Waals surface area contributed by atoms with Crippen LogP contribution in [0.3, 0.4) is 0 Å². The maximum atomic E-state index is 11.8. The molecule has 2 heteroatoms. The Kier molecular flexibility index (Phi) is 4.68. The first-order chi connectivity index (χ1) is 8.86. The van der Waals surface area contributed by atoms with Crippen molar-refractivity contribution < 1.29 is 4.21 Å². The summed E-state index contributed by atoms with van der Waals surface area (Å²) >= 11 is 0. The maximum Gasteiger partial charge on any atom is 0.0775 e. The predicted molar refractivity (Wildman–Crippen MR) is 77.5 cm³/mol. The van der Waals surface area contributed by atoms with E-state index in [4.69, 9.17) is 0 Å². The van der Waals surface area contributed by atoms with Crippen LogP contribution in [0.5, 0.6) is 0 Å². The Morgan fingerprint density at radius 3 is 2.06 bits per heavy atom. The lowest BCUT2D eigenvalue weighted by molar-refractivity contribution is 0.688. The number of hydrogen-bond acceptors (Lipinski definition) is 1. The molecule has 90 valence electrons. The van der Waals surface area contributed by atoms with Gasteiger partial charge in [-0.1, -0.05) is 66.8 Å². The molecule has 0 unspecified atom stereocenters. The van der Waals surface area contributed by atoms with Crippen molar-refractivity contribution in [2.24, 2.45) is 0 Å². The van der Waals surface area contributed by atoms with Crippen molar-refractivity contribution in [3.8, 4) is 0 Å². The van der Waals surface area contributed by atoms with Gasteiger partial charge in [0.15, 0.2) is 0 Å². The van der Waals surface area contributed by atoms with E-state index >= 15 is 0 Å². The van der Waals surface area contributed by atoms with E-state index in [-0.39, 0.29) is 0 Å². The van der Waals surface area contributed by atoms with Crippen LogP contribution in [-0.2, 0) is 10.8 Å². The second-order valence-electron chi connectivity index (χ2n) is 3.71. The molecule has 0 N–H and O–H groups in total. The van der Waals surface area contributed by atoms with Gasteiger partial charge in [-0.25, -0.2) is 4.21 Å². The first-order valence-corrected chi connectivity index (χ1v) is 6.93. The van der Waals surface area contributed by atoms with E-state index in [1.165, 1.54) is 0 Å². The van der Waals surface area contributed by atoms with Crippen LogP contribution in [0.2, 0.25) is 0 Å². The minimum absolute atomic E-state index is 0.821. The molecule has 2 rings (SSSR count). The Bertz CT molecular complexity index is 556. The molecule has 0 aliphatic rings. The molecule has 18 heavy (non-hydrogen) atoms. The highest BCUT2D eigenvalue weighted by Gasteiger charge is 1.95. The van der Waals surface area contributed by atoms with Crippen molar-refractivity contribution in [2.45, 2.75) is 4.90 Å². The van der Waals surface area contributed by atoms with Gasteiger partial charge in [-0.15, -0.1) is 0 Å². The van der Waals surface area contributed by atoms with Gasteiger partial charge >= 0.3 is 0 Å². The molecule has 0 amide bonds.